The van der Waals surface area contributed by atoms with Crippen molar-refractivity contribution in [3.8, 4) is 0 Å². The summed E-state index contributed by atoms with van der Waals surface area (Å²) in [5.41, 5.74) is -0.739. The van der Waals surface area contributed by atoms with E-state index >= 15 is 0 Å². The van der Waals surface area contributed by atoms with Gasteiger partial charge in [-0.1, -0.05) is 0 Å². The quantitative estimate of drug-likeness (QED) is 0.498. The molecule has 1 aliphatic heterocycles. The molecule has 1 saturated heterocycles. The van der Waals surface area contributed by atoms with Crippen LogP contribution in [0, 0.1) is 0 Å². The van der Waals surface area contributed by atoms with Crippen LogP contribution >= 0.6 is 0 Å². The van der Waals surface area contributed by atoms with E-state index in [1.54, 1.807) is 4.90 Å². The van der Waals surface area contributed by atoms with E-state index in [1.165, 1.54) is 0 Å². The molecule has 0 bridgehead atoms. The highest BCUT2D eigenvalue weighted by Crippen LogP contribution is 2.02. The molecule has 6 nitrogen and oxygen atoms in total. The number of amides is 2. The van der Waals surface area contributed by atoms with Crippen LogP contribution in [0.1, 0.15) is 6.92 Å². The number of urea groups is 1. The Hall–Kier alpha value is -0.850. The molecular formula is C11H24N4O2. The van der Waals surface area contributed by atoms with Gasteiger partial charge in [-0.25, -0.2) is 4.79 Å². The molecule has 0 spiro atoms. The van der Waals surface area contributed by atoms with Crippen molar-refractivity contribution in [2.75, 3.05) is 53.4 Å². The van der Waals surface area contributed by atoms with Gasteiger partial charge in [-0.2, -0.15) is 0 Å². The highest BCUT2D eigenvalue weighted by atomic mass is 16.3. The summed E-state index contributed by atoms with van der Waals surface area (Å²) in [7, 11) is 3.87. The number of hydrogen-bond donors (Lipinski definition) is 3. The van der Waals surface area contributed by atoms with Crippen LogP contribution in [0.15, 0.2) is 0 Å². The van der Waals surface area contributed by atoms with Crippen molar-refractivity contribution >= 4 is 6.03 Å². The van der Waals surface area contributed by atoms with Gasteiger partial charge in [-0.3, -0.25) is 0 Å². The predicted octanol–water partition coefficient (Wildman–Crippen LogP) is -1.09. The van der Waals surface area contributed by atoms with E-state index < -0.39 is 5.60 Å². The van der Waals surface area contributed by atoms with Gasteiger partial charge in [0.05, 0.1) is 5.60 Å². The van der Waals surface area contributed by atoms with E-state index in [2.05, 4.69) is 10.6 Å². The zero-order valence-electron chi connectivity index (χ0n) is 11.0. The van der Waals surface area contributed by atoms with Crippen molar-refractivity contribution in [1.82, 2.24) is 20.4 Å². The van der Waals surface area contributed by atoms with Gasteiger partial charge < -0.3 is 25.5 Å². The average Bonchev–Trinajstić information content (AvgIpc) is 2.57. The van der Waals surface area contributed by atoms with Crippen LogP contribution < -0.4 is 10.6 Å². The molecule has 0 aromatic rings. The van der Waals surface area contributed by atoms with E-state index in [0.717, 1.165) is 13.1 Å². The normalized spacial score (nSPS) is 19.6. The van der Waals surface area contributed by atoms with Crippen LogP contribution in [-0.4, -0.2) is 79.9 Å². The summed E-state index contributed by atoms with van der Waals surface area (Å²) in [4.78, 5) is 15.0. The minimum absolute atomic E-state index is 0.00634. The topological polar surface area (TPSA) is 67.8 Å². The van der Waals surface area contributed by atoms with Crippen LogP contribution in [0.25, 0.3) is 0 Å². The smallest absolute Gasteiger partial charge is 0.317 e. The Morgan fingerprint density at radius 3 is 2.82 bits per heavy atom. The molecule has 0 radical (unpaired) electrons. The van der Waals surface area contributed by atoms with Crippen molar-refractivity contribution < 1.29 is 9.90 Å². The number of carbonyl (C=O) groups is 1. The number of aliphatic hydroxyl groups is 1. The monoisotopic (exact) mass is 244 g/mol. The molecule has 1 atom stereocenters. The molecular weight excluding hydrogens is 220 g/mol. The molecule has 2 amide bonds. The fourth-order valence-corrected chi connectivity index (χ4v) is 2.03. The van der Waals surface area contributed by atoms with Crippen LogP contribution in [0.4, 0.5) is 4.79 Å². The third-order valence-corrected chi connectivity index (χ3v) is 2.67. The highest BCUT2D eigenvalue weighted by Gasteiger charge is 2.22. The van der Waals surface area contributed by atoms with Gasteiger partial charge in [-0.15, -0.1) is 0 Å². The van der Waals surface area contributed by atoms with Crippen molar-refractivity contribution in [2.45, 2.75) is 12.5 Å². The van der Waals surface area contributed by atoms with Gasteiger partial charge in [0.15, 0.2) is 0 Å². The molecule has 1 heterocycles. The van der Waals surface area contributed by atoms with E-state index in [4.69, 9.17) is 0 Å². The Morgan fingerprint density at radius 1 is 1.59 bits per heavy atom. The molecule has 1 unspecified atom stereocenters. The Bertz CT molecular complexity index is 256. The third-order valence-electron chi connectivity index (χ3n) is 2.67. The molecule has 0 saturated carbocycles. The summed E-state index contributed by atoms with van der Waals surface area (Å²) in [6.45, 7) is 5.85. The Kier molecular flexibility index (Phi) is 5.17. The van der Waals surface area contributed by atoms with Crippen molar-refractivity contribution in [1.29, 1.82) is 0 Å². The van der Waals surface area contributed by atoms with Crippen molar-refractivity contribution in [3.05, 3.63) is 0 Å². The van der Waals surface area contributed by atoms with Gasteiger partial charge in [0.25, 0.3) is 0 Å². The molecule has 0 aromatic carbocycles. The van der Waals surface area contributed by atoms with Crippen LogP contribution in [0.3, 0.4) is 0 Å². The number of rotatable bonds is 7. The summed E-state index contributed by atoms with van der Waals surface area (Å²) < 4.78 is 0. The molecule has 1 fully saturated rings. The maximum Gasteiger partial charge on any atom is 0.317 e. The lowest BCUT2D eigenvalue weighted by Gasteiger charge is -2.27. The summed E-state index contributed by atoms with van der Waals surface area (Å²) in [5, 5.41) is 16.0. The second kappa shape index (κ2) is 6.18. The second-order valence-electron chi connectivity index (χ2n) is 5.13. The molecule has 0 aromatic heterocycles. The summed E-state index contributed by atoms with van der Waals surface area (Å²) in [6, 6.07) is 0.00634. The maximum absolute atomic E-state index is 11.2. The first-order valence-electron chi connectivity index (χ1n) is 6.01. The third kappa shape index (κ3) is 5.34. The molecule has 17 heavy (non-hydrogen) atoms. The van der Waals surface area contributed by atoms with Gasteiger partial charge >= 0.3 is 6.03 Å². The molecule has 0 aliphatic carbocycles. The SMILES string of the molecule is CN(C)CC(C)(O)CNCCN1CCNC1=O. The van der Waals surface area contributed by atoms with Crippen molar-refractivity contribution in [2.24, 2.45) is 0 Å². The molecule has 1 rings (SSSR count). The van der Waals surface area contributed by atoms with E-state index in [-0.39, 0.29) is 6.03 Å². The van der Waals surface area contributed by atoms with Crippen LogP contribution in [-0.2, 0) is 0 Å². The fraction of sp³-hybridized carbons (Fsp3) is 0.909. The first kappa shape index (κ1) is 14.2. The van der Waals surface area contributed by atoms with E-state index in [1.807, 2.05) is 25.9 Å². The predicted molar refractivity (Wildman–Crippen MR) is 67.0 cm³/mol. The second-order valence-corrected chi connectivity index (χ2v) is 5.13. The lowest BCUT2D eigenvalue weighted by molar-refractivity contribution is 0.0338. The van der Waals surface area contributed by atoms with Gasteiger partial charge in [0.1, 0.15) is 0 Å². The highest BCUT2D eigenvalue weighted by molar-refractivity contribution is 5.76. The zero-order valence-corrected chi connectivity index (χ0v) is 11.0. The number of nitrogens with zero attached hydrogens (tertiary/aromatic N) is 2. The minimum Gasteiger partial charge on any atom is -0.388 e. The Morgan fingerprint density at radius 2 is 2.29 bits per heavy atom. The summed E-state index contributed by atoms with van der Waals surface area (Å²) >= 11 is 0. The number of hydrogen-bond acceptors (Lipinski definition) is 4. The van der Waals surface area contributed by atoms with Gasteiger partial charge in [0.2, 0.25) is 0 Å². The molecule has 3 N–H and O–H groups in total. The lowest BCUT2D eigenvalue weighted by Crippen LogP contribution is -2.47. The zero-order chi connectivity index (χ0) is 12.9. The van der Waals surface area contributed by atoms with E-state index in [9.17, 15) is 9.90 Å². The molecule has 1 aliphatic rings. The lowest BCUT2D eigenvalue weighted by atomic mass is 10.1. The maximum atomic E-state index is 11.2. The Labute approximate surface area is 103 Å². The fourth-order valence-electron chi connectivity index (χ4n) is 2.03. The van der Waals surface area contributed by atoms with Crippen LogP contribution in [0.5, 0.6) is 0 Å². The first-order chi connectivity index (χ1) is 7.91. The minimum atomic E-state index is -0.739. The Balaban J connectivity index is 2.13. The number of nitrogens with one attached hydrogen (secondary N) is 2. The van der Waals surface area contributed by atoms with Gasteiger partial charge in [-0.05, 0) is 21.0 Å². The summed E-state index contributed by atoms with van der Waals surface area (Å²) in [5.74, 6) is 0. The van der Waals surface area contributed by atoms with Crippen molar-refractivity contribution in [3.63, 3.8) is 0 Å². The van der Waals surface area contributed by atoms with E-state index in [0.29, 0.717) is 26.2 Å². The average molecular weight is 244 g/mol. The number of likely N-dealkylation sites (N-methyl/N-ethyl adjacent to an activating group) is 1. The standard InChI is InChI=1S/C11H24N4O2/c1-11(17,9-14(2)3)8-12-4-6-15-7-5-13-10(15)16/h12,17H,4-9H2,1-3H3,(H,13,16). The first-order valence-corrected chi connectivity index (χ1v) is 6.01. The largest absolute Gasteiger partial charge is 0.388 e. The molecule has 100 valence electrons. The van der Waals surface area contributed by atoms with Gasteiger partial charge in [0, 0.05) is 39.3 Å². The summed E-state index contributed by atoms with van der Waals surface area (Å²) in [6.07, 6.45) is 0. The molecule has 6 heteroatoms. The number of carbonyl (C=O) groups excluding carboxylic acids is 1. The van der Waals surface area contributed by atoms with Crippen LogP contribution in [0.2, 0.25) is 0 Å².